The van der Waals surface area contributed by atoms with E-state index < -0.39 is 0 Å². The summed E-state index contributed by atoms with van der Waals surface area (Å²) in [5, 5.41) is 6.51. The summed E-state index contributed by atoms with van der Waals surface area (Å²) in [5.41, 5.74) is 4.42. The molecule has 2 heterocycles. The zero-order valence-corrected chi connectivity index (χ0v) is 15.9. The second-order valence-corrected chi connectivity index (χ2v) is 7.50. The van der Waals surface area contributed by atoms with Gasteiger partial charge in [0.25, 0.3) is 0 Å². The average Bonchev–Trinajstić information content (AvgIpc) is 3.23. The number of rotatable bonds is 3. The molecule has 0 spiro atoms. The van der Waals surface area contributed by atoms with Gasteiger partial charge in [-0.2, -0.15) is 0 Å². The van der Waals surface area contributed by atoms with E-state index in [4.69, 9.17) is 0 Å². The summed E-state index contributed by atoms with van der Waals surface area (Å²) in [6, 6.07) is 17.1. The predicted octanol–water partition coefficient (Wildman–Crippen LogP) is 3.17. The van der Waals surface area contributed by atoms with E-state index in [1.165, 1.54) is 17.5 Å². The molecule has 2 amide bonds. The fourth-order valence-corrected chi connectivity index (χ4v) is 4.11. The fourth-order valence-electron chi connectivity index (χ4n) is 4.11. The van der Waals surface area contributed by atoms with Gasteiger partial charge in [-0.1, -0.05) is 36.4 Å². The molecular formula is C22H28N4O. The van der Waals surface area contributed by atoms with Crippen molar-refractivity contribution in [1.82, 2.24) is 15.1 Å². The molecule has 1 atom stereocenters. The number of nitrogens with zero attached hydrogens (tertiary/aromatic N) is 2. The Labute approximate surface area is 161 Å². The largest absolute Gasteiger partial charge is 0.322 e. The zero-order chi connectivity index (χ0) is 18.6. The minimum Gasteiger partial charge on any atom is -0.322 e. The van der Waals surface area contributed by atoms with Crippen LogP contribution in [0.2, 0.25) is 0 Å². The highest BCUT2D eigenvalue weighted by Gasteiger charge is 2.27. The lowest BCUT2D eigenvalue weighted by Gasteiger charge is -2.37. The minimum absolute atomic E-state index is 0.00105. The quantitative estimate of drug-likeness (QED) is 0.879. The number of benzene rings is 2. The smallest absolute Gasteiger partial charge is 0.321 e. The van der Waals surface area contributed by atoms with Gasteiger partial charge < -0.3 is 15.5 Å². The predicted molar refractivity (Wildman–Crippen MR) is 110 cm³/mol. The van der Waals surface area contributed by atoms with E-state index in [2.05, 4.69) is 46.7 Å². The number of carbonyl (C=O) groups excluding carboxylic acids is 1. The number of carbonyl (C=O) groups is 1. The van der Waals surface area contributed by atoms with Crippen molar-refractivity contribution in [3.05, 3.63) is 54.1 Å². The summed E-state index contributed by atoms with van der Waals surface area (Å²) in [5.74, 6) is 0. The Kier molecular flexibility index (Phi) is 5.41. The average molecular weight is 364 g/mol. The molecule has 2 aliphatic heterocycles. The first kappa shape index (κ1) is 18.0. The highest BCUT2D eigenvalue weighted by Crippen LogP contribution is 2.25. The number of aryl methyl sites for hydroxylation is 1. The molecule has 142 valence electrons. The van der Waals surface area contributed by atoms with Crippen LogP contribution in [0.4, 0.5) is 10.5 Å². The number of urea groups is 1. The SMILES string of the molecule is Cc1ccccc1-c1cccc(NC(=O)N2CCN(C3CCNC3)CC2)c1. The van der Waals surface area contributed by atoms with Crippen LogP contribution in [-0.4, -0.2) is 61.1 Å². The van der Waals surface area contributed by atoms with Crippen LogP contribution in [0.1, 0.15) is 12.0 Å². The third kappa shape index (κ3) is 4.15. The van der Waals surface area contributed by atoms with Gasteiger partial charge in [0.1, 0.15) is 0 Å². The van der Waals surface area contributed by atoms with E-state index in [0.29, 0.717) is 6.04 Å². The lowest BCUT2D eigenvalue weighted by atomic mass is 10.0. The van der Waals surface area contributed by atoms with Crippen molar-refractivity contribution in [2.45, 2.75) is 19.4 Å². The molecule has 0 saturated carbocycles. The van der Waals surface area contributed by atoms with Gasteiger partial charge in [-0.25, -0.2) is 4.79 Å². The molecule has 2 aromatic rings. The molecule has 0 bridgehead atoms. The maximum Gasteiger partial charge on any atom is 0.321 e. The van der Waals surface area contributed by atoms with Crippen molar-refractivity contribution in [3.63, 3.8) is 0 Å². The van der Waals surface area contributed by atoms with Crippen LogP contribution in [0.25, 0.3) is 11.1 Å². The van der Waals surface area contributed by atoms with Crippen LogP contribution in [-0.2, 0) is 0 Å². The third-order valence-electron chi connectivity index (χ3n) is 5.72. The van der Waals surface area contributed by atoms with E-state index >= 15 is 0 Å². The highest BCUT2D eigenvalue weighted by atomic mass is 16.2. The van der Waals surface area contributed by atoms with Gasteiger partial charge in [-0.3, -0.25) is 4.90 Å². The first-order chi connectivity index (χ1) is 13.2. The van der Waals surface area contributed by atoms with Gasteiger partial charge in [0.05, 0.1) is 0 Å². The molecule has 0 aromatic heterocycles. The molecular weight excluding hydrogens is 336 g/mol. The molecule has 2 aliphatic rings. The second kappa shape index (κ2) is 8.11. The Balaban J connectivity index is 1.37. The first-order valence-corrected chi connectivity index (χ1v) is 9.87. The molecule has 4 rings (SSSR count). The van der Waals surface area contributed by atoms with E-state index in [1.54, 1.807) is 0 Å². The number of piperazine rings is 1. The Morgan fingerprint density at radius 3 is 2.63 bits per heavy atom. The van der Waals surface area contributed by atoms with Crippen LogP contribution in [0.3, 0.4) is 0 Å². The summed E-state index contributed by atoms with van der Waals surface area (Å²) >= 11 is 0. The van der Waals surface area contributed by atoms with E-state index in [9.17, 15) is 4.79 Å². The summed E-state index contributed by atoms with van der Waals surface area (Å²) in [4.78, 5) is 17.1. The molecule has 27 heavy (non-hydrogen) atoms. The lowest BCUT2D eigenvalue weighted by molar-refractivity contribution is 0.119. The minimum atomic E-state index is 0.00105. The van der Waals surface area contributed by atoms with Gasteiger partial charge in [0.15, 0.2) is 0 Å². The molecule has 2 aromatic carbocycles. The summed E-state index contributed by atoms with van der Waals surface area (Å²) in [6.45, 7) is 7.81. The Morgan fingerprint density at radius 1 is 1.07 bits per heavy atom. The topological polar surface area (TPSA) is 47.6 Å². The summed E-state index contributed by atoms with van der Waals surface area (Å²) in [6.07, 6.45) is 1.22. The molecule has 0 radical (unpaired) electrons. The molecule has 5 nitrogen and oxygen atoms in total. The van der Waals surface area contributed by atoms with Crippen molar-refractivity contribution < 1.29 is 4.79 Å². The molecule has 2 N–H and O–H groups in total. The molecule has 2 fully saturated rings. The molecule has 1 unspecified atom stereocenters. The second-order valence-electron chi connectivity index (χ2n) is 7.50. The number of hydrogen-bond acceptors (Lipinski definition) is 3. The van der Waals surface area contributed by atoms with Gasteiger partial charge in [-0.15, -0.1) is 0 Å². The Hall–Kier alpha value is -2.37. The van der Waals surface area contributed by atoms with Crippen LogP contribution in [0.5, 0.6) is 0 Å². The molecule has 0 aliphatic carbocycles. The maximum atomic E-state index is 12.7. The van der Waals surface area contributed by atoms with E-state index in [0.717, 1.165) is 50.5 Å². The van der Waals surface area contributed by atoms with Crippen molar-refractivity contribution in [1.29, 1.82) is 0 Å². The maximum absolute atomic E-state index is 12.7. The number of anilines is 1. The normalized spacial score (nSPS) is 20.6. The third-order valence-corrected chi connectivity index (χ3v) is 5.72. The lowest BCUT2D eigenvalue weighted by Crippen LogP contribution is -2.53. The number of hydrogen-bond donors (Lipinski definition) is 2. The Morgan fingerprint density at radius 2 is 1.89 bits per heavy atom. The van der Waals surface area contributed by atoms with Gasteiger partial charge in [0.2, 0.25) is 0 Å². The number of nitrogens with one attached hydrogen (secondary N) is 2. The zero-order valence-electron chi connectivity index (χ0n) is 15.9. The highest BCUT2D eigenvalue weighted by molar-refractivity contribution is 5.90. The van der Waals surface area contributed by atoms with E-state index in [1.807, 2.05) is 29.2 Å². The summed E-state index contributed by atoms with van der Waals surface area (Å²) in [7, 11) is 0. The number of amides is 2. The van der Waals surface area contributed by atoms with Crippen molar-refractivity contribution in [2.24, 2.45) is 0 Å². The standard InChI is InChI=1S/C22H28N4O/c1-17-5-2-3-8-21(17)18-6-4-7-19(15-18)24-22(27)26-13-11-25(12-14-26)20-9-10-23-16-20/h2-8,15,20,23H,9-14,16H2,1H3,(H,24,27). The van der Waals surface area contributed by atoms with Crippen LogP contribution < -0.4 is 10.6 Å². The fraction of sp³-hybridized carbons (Fsp3) is 0.409. The van der Waals surface area contributed by atoms with Crippen molar-refractivity contribution in [2.75, 3.05) is 44.6 Å². The van der Waals surface area contributed by atoms with Crippen LogP contribution >= 0.6 is 0 Å². The van der Waals surface area contributed by atoms with Gasteiger partial charge >= 0.3 is 6.03 Å². The Bertz CT molecular complexity index is 792. The van der Waals surface area contributed by atoms with Crippen molar-refractivity contribution in [3.8, 4) is 11.1 Å². The molecule has 2 saturated heterocycles. The van der Waals surface area contributed by atoms with Gasteiger partial charge in [0, 0.05) is 44.5 Å². The van der Waals surface area contributed by atoms with Crippen LogP contribution in [0.15, 0.2) is 48.5 Å². The van der Waals surface area contributed by atoms with Gasteiger partial charge in [-0.05, 0) is 48.7 Å². The summed E-state index contributed by atoms with van der Waals surface area (Å²) < 4.78 is 0. The van der Waals surface area contributed by atoms with Crippen molar-refractivity contribution >= 4 is 11.7 Å². The molecule has 5 heteroatoms. The monoisotopic (exact) mass is 364 g/mol. The first-order valence-electron chi connectivity index (χ1n) is 9.87. The van der Waals surface area contributed by atoms with E-state index in [-0.39, 0.29) is 6.03 Å². The van der Waals surface area contributed by atoms with Crippen LogP contribution in [0, 0.1) is 6.92 Å².